The molecule has 28 heavy (non-hydrogen) atoms. The van der Waals surface area contributed by atoms with Crippen molar-refractivity contribution in [3.8, 4) is 0 Å². The van der Waals surface area contributed by atoms with E-state index in [-0.39, 0.29) is 18.0 Å². The number of amides is 1. The Morgan fingerprint density at radius 1 is 1.11 bits per heavy atom. The summed E-state index contributed by atoms with van der Waals surface area (Å²) in [6.07, 6.45) is -1.19. The summed E-state index contributed by atoms with van der Waals surface area (Å²) in [4.78, 5) is 16.0. The number of nitrogens with zero attached hydrogens (tertiary/aromatic N) is 1. The van der Waals surface area contributed by atoms with Crippen LogP contribution in [0.2, 0.25) is 0 Å². The fourth-order valence-electron chi connectivity index (χ4n) is 3.51. The number of halogens is 3. The summed E-state index contributed by atoms with van der Waals surface area (Å²) in [5.41, 5.74) is -0.621. The van der Waals surface area contributed by atoms with Crippen LogP contribution in [0.1, 0.15) is 52.1 Å². The topological polar surface area (TPSA) is 54.0 Å². The summed E-state index contributed by atoms with van der Waals surface area (Å²) in [5.74, 6) is -0.00753. The van der Waals surface area contributed by atoms with Gasteiger partial charge in [0.1, 0.15) is 5.69 Å². The SMILES string of the molecule is CC(C)(C)C(=O)N[C@@H]1CCC[C@H](Nc2cc(C(F)(F)F)nc3ccccc23)C1. The molecule has 1 aromatic heterocycles. The average Bonchev–Trinajstić information content (AvgIpc) is 2.60. The lowest BCUT2D eigenvalue weighted by Gasteiger charge is -2.33. The van der Waals surface area contributed by atoms with Gasteiger partial charge in [-0.3, -0.25) is 4.79 Å². The van der Waals surface area contributed by atoms with E-state index in [1.165, 1.54) is 0 Å². The number of anilines is 1. The Balaban J connectivity index is 1.81. The second-order valence-electron chi connectivity index (χ2n) is 8.50. The van der Waals surface area contributed by atoms with Crippen LogP contribution in [-0.4, -0.2) is 23.0 Å². The van der Waals surface area contributed by atoms with Crippen LogP contribution >= 0.6 is 0 Å². The normalized spacial score (nSPS) is 20.8. The van der Waals surface area contributed by atoms with E-state index in [0.29, 0.717) is 23.0 Å². The highest BCUT2D eigenvalue weighted by atomic mass is 19.4. The number of aromatic nitrogens is 1. The molecule has 1 aromatic carbocycles. The Kier molecular flexibility index (Phi) is 5.55. The highest BCUT2D eigenvalue weighted by Gasteiger charge is 2.34. The maximum atomic E-state index is 13.3. The Hall–Kier alpha value is -2.31. The molecule has 0 unspecified atom stereocenters. The lowest BCUT2D eigenvalue weighted by atomic mass is 9.88. The third-order valence-electron chi connectivity index (χ3n) is 5.06. The van der Waals surface area contributed by atoms with E-state index in [1.807, 2.05) is 20.8 Å². The lowest BCUT2D eigenvalue weighted by molar-refractivity contribution is -0.141. The van der Waals surface area contributed by atoms with Crippen molar-refractivity contribution < 1.29 is 18.0 Å². The zero-order valence-electron chi connectivity index (χ0n) is 16.4. The molecule has 0 bridgehead atoms. The number of fused-ring (bicyclic) bond motifs is 1. The lowest BCUT2D eigenvalue weighted by Crippen LogP contribution is -2.45. The number of pyridine rings is 1. The van der Waals surface area contributed by atoms with Crippen molar-refractivity contribution in [1.82, 2.24) is 10.3 Å². The maximum Gasteiger partial charge on any atom is 0.433 e. The second kappa shape index (κ2) is 7.60. The van der Waals surface area contributed by atoms with E-state index in [9.17, 15) is 18.0 Å². The summed E-state index contributed by atoms with van der Waals surface area (Å²) >= 11 is 0. The molecule has 1 amide bonds. The van der Waals surface area contributed by atoms with Crippen molar-refractivity contribution in [2.75, 3.05) is 5.32 Å². The molecule has 2 N–H and O–H groups in total. The number of carbonyl (C=O) groups excluding carboxylic acids is 1. The van der Waals surface area contributed by atoms with E-state index < -0.39 is 17.3 Å². The van der Waals surface area contributed by atoms with E-state index >= 15 is 0 Å². The second-order valence-corrected chi connectivity index (χ2v) is 8.50. The summed E-state index contributed by atoms with van der Waals surface area (Å²) in [6.45, 7) is 5.59. The molecule has 0 spiro atoms. The minimum Gasteiger partial charge on any atom is -0.382 e. The summed E-state index contributed by atoms with van der Waals surface area (Å²) in [6, 6.07) is 7.92. The van der Waals surface area contributed by atoms with Crippen LogP contribution in [0.4, 0.5) is 18.9 Å². The molecule has 0 saturated heterocycles. The van der Waals surface area contributed by atoms with Crippen LogP contribution in [0.25, 0.3) is 10.9 Å². The quantitative estimate of drug-likeness (QED) is 0.759. The predicted octanol–water partition coefficient (Wildman–Crippen LogP) is 5.14. The fourth-order valence-corrected chi connectivity index (χ4v) is 3.51. The largest absolute Gasteiger partial charge is 0.433 e. The van der Waals surface area contributed by atoms with E-state index in [4.69, 9.17) is 0 Å². The number of hydrogen-bond acceptors (Lipinski definition) is 3. The van der Waals surface area contributed by atoms with Gasteiger partial charge in [0.05, 0.1) is 5.52 Å². The standard InChI is InChI=1S/C21H26F3N3O/c1-20(2,3)19(28)26-14-8-6-7-13(11-14)25-17-12-18(21(22,23)24)27-16-10-5-4-9-15(16)17/h4-5,9-10,12-14H,6-8,11H2,1-3H3,(H,25,27)(H,26,28)/t13-,14+/m0/s1. The molecule has 4 nitrogen and oxygen atoms in total. The first-order valence-electron chi connectivity index (χ1n) is 9.58. The van der Waals surface area contributed by atoms with Gasteiger partial charge in [-0.25, -0.2) is 4.98 Å². The van der Waals surface area contributed by atoms with Crippen molar-refractivity contribution in [2.45, 2.75) is 64.7 Å². The van der Waals surface area contributed by atoms with Crippen LogP contribution in [0, 0.1) is 5.41 Å². The van der Waals surface area contributed by atoms with Gasteiger partial charge in [-0.2, -0.15) is 13.2 Å². The van der Waals surface area contributed by atoms with Gasteiger partial charge in [-0.1, -0.05) is 39.0 Å². The highest BCUT2D eigenvalue weighted by molar-refractivity contribution is 5.91. The Labute approximate surface area is 162 Å². The molecule has 7 heteroatoms. The van der Waals surface area contributed by atoms with Crippen molar-refractivity contribution >= 4 is 22.5 Å². The predicted molar refractivity (Wildman–Crippen MR) is 104 cm³/mol. The van der Waals surface area contributed by atoms with Gasteiger partial charge in [0, 0.05) is 28.6 Å². The molecular weight excluding hydrogens is 367 g/mol. The van der Waals surface area contributed by atoms with E-state index in [0.717, 1.165) is 25.3 Å². The van der Waals surface area contributed by atoms with Crippen molar-refractivity contribution in [1.29, 1.82) is 0 Å². The molecule has 152 valence electrons. The molecule has 1 fully saturated rings. The fraction of sp³-hybridized carbons (Fsp3) is 0.524. The minimum absolute atomic E-state index is 0.00753. The maximum absolute atomic E-state index is 13.3. The van der Waals surface area contributed by atoms with Gasteiger partial charge in [0.25, 0.3) is 0 Å². The van der Waals surface area contributed by atoms with Gasteiger partial charge in [-0.15, -0.1) is 0 Å². The van der Waals surface area contributed by atoms with Crippen LogP contribution < -0.4 is 10.6 Å². The van der Waals surface area contributed by atoms with Gasteiger partial charge >= 0.3 is 6.18 Å². The van der Waals surface area contributed by atoms with Crippen molar-refractivity contribution in [3.05, 3.63) is 36.0 Å². The average molecular weight is 393 g/mol. The molecular formula is C21H26F3N3O. The number of rotatable bonds is 3. The zero-order valence-corrected chi connectivity index (χ0v) is 16.4. The molecule has 2 atom stereocenters. The smallest absolute Gasteiger partial charge is 0.382 e. The number of carbonyl (C=O) groups is 1. The zero-order chi connectivity index (χ0) is 20.5. The summed E-state index contributed by atoms with van der Waals surface area (Å²) in [5, 5.41) is 7.03. The Bertz CT molecular complexity index is 858. The number of nitrogens with one attached hydrogen (secondary N) is 2. The first-order valence-corrected chi connectivity index (χ1v) is 9.58. The molecule has 3 rings (SSSR count). The molecule has 0 aliphatic heterocycles. The molecule has 1 aliphatic carbocycles. The molecule has 1 saturated carbocycles. The molecule has 1 aliphatic rings. The third kappa shape index (κ3) is 4.75. The molecule has 1 heterocycles. The molecule has 2 aromatic rings. The van der Waals surface area contributed by atoms with Gasteiger partial charge in [0.2, 0.25) is 5.91 Å². The number of para-hydroxylation sites is 1. The first kappa shape index (κ1) is 20.4. The van der Waals surface area contributed by atoms with Crippen molar-refractivity contribution in [2.24, 2.45) is 5.41 Å². The first-order chi connectivity index (χ1) is 13.0. The third-order valence-corrected chi connectivity index (χ3v) is 5.06. The van der Waals surface area contributed by atoms with E-state index in [2.05, 4.69) is 15.6 Å². The van der Waals surface area contributed by atoms with Crippen LogP contribution in [0.3, 0.4) is 0 Å². The molecule has 0 radical (unpaired) electrons. The minimum atomic E-state index is -4.50. The monoisotopic (exact) mass is 393 g/mol. The van der Waals surface area contributed by atoms with Crippen LogP contribution in [-0.2, 0) is 11.0 Å². The summed E-state index contributed by atoms with van der Waals surface area (Å²) < 4.78 is 39.8. The number of benzene rings is 1. The van der Waals surface area contributed by atoms with E-state index in [1.54, 1.807) is 24.3 Å². The highest BCUT2D eigenvalue weighted by Crippen LogP contribution is 2.34. The van der Waals surface area contributed by atoms with Gasteiger partial charge < -0.3 is 10.6 Å². The van der Waals surface area contributed by atoms with Gasteiger partial charge in [-0.05, 0) is 37.8 Å². The number of hydrogen-bond donors (Lipinski definition) is 2. The van der Waals surface area contributed by atoms with Crippen LogP contribution in [0.5, 0.6) is 0 Å². The Morgan fingerprint density at radius 3 is 2.46 bits per heavy atom. The van der Waals surface area contributed by atoms with Crippen LogP contribution in [0.15, 0.2) is 30.3 Å². The summed E-state index contributed by atoms with van der Waals surface area (Å²) in [7, 11) is 0. The van der Waals surface area contributed by atoms with Crippen molar-refractivity contribution in [3.63, 3.8) is 0 Å². The van der Waals surface area contributed by atoms with Gasteiger partial charge in [0.15, 0.2) is 0 Å². The Morgan fingerprint density at radius 2 is 1.79 bits per heavy atom. The number of alkyl halides is 3.